The molecule has 0 N–H and O–H groups in total. The molecule has 0 fully saturated rings. The van der Waals surface area contributed by atoms with Gasteiger partial charge in [0.25, 0.3) is 0 Å². The van der Waals surface area contributed by atoms with E-state index in [1.165, 1.54) is 11.5 Å². The maximum atomic E-state index is 2.56. The van der Waals surface area contributed by atoms with Gasteiger partial charge >= 0.3 is 192 Å². The Morgan fingerprint density at radius 2 is 1.09 bits per heavy atom. The van der Waals surface area contributed by atoms with Gasteiger partial charge in [-0.15, -0.1) is 24.8 Å². The summed E-state index contributed by atoms with van der Waals surface area (Å²) in [6.45, 7) is 20.8. The minimum Gasteiger partial charge on any atom is -0.147 e. The van der Waals surface area contributed by atoms with E-state index in [0.29, 0.717) is 11.8 Å². The molecule has 2 unspecified atom stereocenters. The van der Waals surface area contributed by atoms with Crippen LogP contribution in [0.1, 0.15) is 115 Å². The number of hydrogen-bond donors (Lipinski definition) is 0. The zero-order valence-corrected chi connectivity index (χ0v) is 29.0. The molecule has 188 valence electrons. The van der Waals surface area contributed by atoms with Crippen LogP contribution in [0.15, 0.2) is 47.5 Å². The van der Waals surface area contributed by atoms with Gasteiger partial charge in [0.1, 0.15) is 0 Å². The Morgan fingerprint density at radius 3 is 1.38 bits per heavy atom. The predicted octanol–water partition coefficient (Wildman–Crippen LogP) is 9.29. The van der Waals surface area contributed by atoms with Crippen LogP contribution in [0.25, 0.3) is 12.2 Å². The first-order chi connectivity index (χ1) is 15.2. The van der Waals surface area contributed by atoms with Gasteiger partial charge in [-0.3, -0.25) is 0 Å². The van der Waals surface area contributed by atoms with Crippen LogP contribution in [0.4, 0.5) is 0 Å². The van der Waals surface area contributed by atoms with Crippen LogP contribution in [0.5, 0.6) is 0 Å². The molecule has 0 aliphatic heterocycles. The average Bonchev–Trinajstić information content (AvgIpc) is 3.29. The molecule has 2 atom stereocenters. The Bertz CT molecular complexity index is 972. The molecule has 0 saturated carbocycles. The summed E-state index contributed by atoms with van der Waals surface area (Å²) >= 11 is -2.57. The van der Waals surface area contributed by atoms with Gasteiger partial charge in [0, 0.05) is 0 Å². The topological polar surface area (TPSA) is 0 Å². The van der Waals surface area contributed by atoms with E-state index in [0.717, 1.165) is 7.25 Å². The fourth-order valence-corrected chi connectivity index (χ4v) is 28.6. The molecule has 0 spiro atoms. The van der Waals surface area contributed by atoms with Crippen LogP contribution in [-0.2, 0) is 19.4 Å². The average molecular weight is 597 g/mol. The van der Waals surface area contributed by atoms with Crippen molar-refractivity contribution < 1.29 is 19.4 Å². The third kappa shape index (κ3) is 5.32. The molecule has 4 rings (SSSR count). The van der Waals surface area contributed by atoms with Crippen molar-refractivity contribution in [3.63, 3.8) is 0 Å². The SMILES string of the molecule is CC.C[CH2][Zr]([SiH3])([CH]1C(C)=Cc2c(C(C)C)cccc21)[CH]1C(C)=Cc2c(C(C)C)cccc21.Cl.Cl. The van der Waals surface area contributed by atoms with E-state index in [4.69, 9.17) is 0 Å². The van der Waals surface area contributed by atoms with Gasteiger partial charge in [-0.1, -0.05) is 13.8 Å². The fraction of sp³-hybridized carbons (Fsp3) is 0.467. The Kier molecular flexibility index (Phi) is 11.8. The molecular weight excluding hydrogens is 551 g/mol. The Labute approximate surface area is 228 Å². The van der Waals surface area contributed by atoms with Crippen molar-refractivity contribution in [2.75, 3.05) is 0 Å². The van der Waals surface area contributed by atoms with Crippen LogP contribution in [-0.4, -0.2) is 7.37 Å². The first-order valence-corrected chi connectivity index (χ1v) is 25.8. The van der Waals surface area contributed by atoms with Crippen molar-refractivity contribution in [2.45, 2.75) is 85.5 Å². The van der Waals surface area contributed by atoms with Gasteiger partial charge in [0.15, 0.2) is 0 Å². The number of fused-ring (bicyclic) bond motifs is 2. The monoisotopic (exact) mass is 594 g/mol. The van der Waals surface area contributed by atoms with E-state index < -0.39 is 19.4 Å². The molecule has 2 aromatic rings. The summed E-state index contributed by atoms with van der Waals surface area (Å²) in [4.78, 5) is 0. The van der Waals surface area contributed by atoms with Crippen molar-refractivity contribution in [1.82, 2.24) is 0 Å². The van der Waals surface area contributed by atoms with Crippen molar-refractivity contribution >= 4 is 44.3 Å². The van der Waals surface area contributed by atoms with Crippen molar-refractivity contribution in [3.05, 3.63) is 80.9 Å². The maximum Gasteiger partial charge on any atom is -0.147 e. The molecule has 0 nitrogen and oxygen atoms in total. The second-order valence-electron chi connectivity index (χ2n) is 10.5. The second-order valence-corrected chi connectivity index (χ2v) is 33.5. The normalized spacial score (nSPS) is 19.7. The quantitative estimate of drug-likeness (QED) is 0.302. The van der Waals surface area contributed by atoms with Gasteiger partial charge in [0.2, 0.25) is 0 Å². The molecule has 4 heteroatoms. The van der Waals surface area contributed by atoms with Gasteiger partial charge in [0.05, 0.1) is 0 Å². The van der Waals surface area contributed by atoms with Gasteiger partial charge in [-0.25, -0.2) is 0 Å². The standard InChI is InChI=1S/2C13H15.C2H6.C2H5.2ClH.H3Si.Zr/c2*1-9(2)12-6-4-5-11-7-10(3)8-13(11)12;2*1-2;;;;/h2*4-9H,1-3H3;1-2H3;1H2,2H3;2*1H;1H3;. The molecule has 0 heterocycles. The third-order valence-corrected chi connectivity index (χ3v) is 33.0. The largest absolute Gasteiger partial charge is 0.147 e. The number of rotatable bonds is 5. The molecule has 2 aromatic carbocycles. The van der Waals surface area contributed by atoms with Gasteiger partial charge < -0.3 is 0 Å². The first kappa shape index (κ1) is 31.6. The minimum absolute atomic E-state index is 0. The molecule has 0 saturated heterocycles. The summed E-state index contributed by atoms with van der Waals surface area (Å²) in [7, 11) is 1.38. The molecule has 0 radical (unpaired) electrons. The van der Waals surface area contributed by atoms with Crippen LogP contribution in [0, 0.1) is 0 Å². The summed E-state index contributed by atoms with van der Waals surface area (Å²) in [6.07, 6.45) is 5.13. The number of hydrogen-bond acceptors (Lipinski definition) is 0. The number of benzene rings is 2. The molecule has 2 aliphatic rings. The van der Waals surface area contributed by atoms with Crippen molar-refractivity contribution in [3.8, 4) is 0 Å². The van der Waals surface area contributed by atoms with Crippen LogP contribution >= 0.6 is 24.8 Å². The Morgan fingerprint density at radius 1 is 0.735 bits per heavy atom. The third-order valence-electron chi connectivity index (χ3n) is 7.95. The van der Waals surface area contributed by atoms with E-state index in [2.05, 4.69) is 97.0 Å². The Balaban J connectivity index is 0.00000141. The van der Waals surface area contributed by atoms with Crippen LogP contribution in [0.2, 0.25) is 4.13 Å². The van der Waals surface area contributed by atoms with Gasteiger partial charge in [-0.05, 0) is 0 Å². The molecule has 2 aliphatic carbocycles. The summed E-state index contributed by atoms with van der Waals surface area (Å²) in [5.41, 5.74) is 12.9. The maximum absolute atomic E-state index is 2.57. The zero-order valence-electron chi connectivity index (χ0n) is 23.0. The predicted molar refractivity (Wildman–Crippen MR) is 160 cm³/mol. The van der Waals surface area contributed by atoms with Gasteiger partial charge in [-0.2, -0.15) is 0 Å². The first-order valence-electron chi connectivity index (χ1n) is 12.8. The molecule has 34 heavy (non-hydrogen) atoms. The molecule has 0 aromatic heterocycles. The number of allylic oxidation sites excluding steroid dienone is 2. The number of halogens is 2. The molecule has 0 amide bonds. The summed E-state index contributed by atoms with van der Waals surface area (Å²) < 4.78 is 2.92. The van der Waals surface area contributed by atoms with Crippen molar-refractivity contribution in [1.29, 1.82) is 0 Å². The smallest absolute Gasteiger partial charge is 0.147 e. The summed E-state index contributed by atoms with van der Waals surface area (Å²) in [5, 5.41) is 0. The molecular formula is C30H46Cl2SiZr. The van der Waals surface area contributed by atoms with Crippen LogP contribution in [0.3, 0.4) is 0 Å². The van der Waals surface area contributed by atoms with Crippen molar-refractivity contribution in [2.24, 2.45) is 0 Å². The zero-order chi connectivity index (χ0) is 23.8. The van der Waals surface area contributed by atoms with E-state index in [9.17, 15) is 0 Å². The van der Waals surface area contributed by atoms with Crippen LogP contribution < -0.4 is 0 Å². The molecule has 0 bridgehead atoms. The minimum atomic E-state index is -2.57. The summed E-state index contributed by atoms with van der Waals surface area (Å²) in [5.74, 6) is 1.18. The van der Waals surface area contributed by atoms with E-state index >= 15 is 0 Å². The van der Waals surface area contributed by atoms with E-state index in [1.54, 1.807) is 44.5 Å². The summed E-state index contributed by atoms with van der Waals surface area (Å²) in [6, 6.07) is 14.3. The van der Waals surface area contributed by atoms with E-state index in [-0.39, 0.29) is 24.8 Å². The second kappa shape index (κ2) is 12.7. The fourth-order valence-electron chi connectivity index (χ4n) is 6.49. The van der Waals surface area contributed by atoms with E-state index in [1.807, 2.05) is 13.8 Å². The Hall–Kier alpha value is -0.400.